The molecule has 2 aromatic rings. The van der Waals surface area contributed by atoms with Gasteiger partial charge in [-0.2, -0.15) is 0 Å². The van der Waals surface area contributed by atoms with E-state index < -0.39 is 0 Å². The quantitative estimate of drug-likeness (QED) is 0.267. The van der Waals surface area contributed by atoms with Gasteiger partial charge in [0.2, 0.25) is 0 Å². The highest BCUT2D eigenvalue weighted by Crippen LogP contribution is 2.56. The van der Waals surface area contributed by atoms with Crippen LogP contribution in [-0.2, 0) is 0 Å². The maximum absolute atomic E-state index is 6.58. The van der Waals surface area contributed by atoms with Crippen molar-refractivity contribution in [3.05, 3.63) is 45.2 Å². The van der Waals surface area contributed by atoms with Crippen LogP contribution in [0.25, 0.3) is 11.1 Å². The number of hydrogen-bond acceptors (Lipinski definition) is 1. The van der Waals surface area contributed by atoms with Crippen molar-refractivity contribution >= 4 is 110 Å². The van der Waals surface area contributed by atoms with Gasteiger partial charge in [0, 0.05) is 24.2 Å². The number of benzene rings is 2. The lowest BCUT2D eigenvalue weighted by Gasteiger charge is -2.31. The average molecular weight is 547 g/mol. The molecule has 1 aliphatic heterocycles. The summed E-state index contributed by atoms with van der Waals surface area (Å²) in [7, 11) is 0. The van der Waals surface area contributed by atoms with Crippen molar-refractivity contribution in [2.45, 2.75) is 19.3 Å². The first-order valence-electron chi connectivity index (χ1n) is 7.81. The van der Waals surface area contributed by atoms with Gasteiger partial charge in [0.05, 0.1) is 50.9 Å². The zero-order chi connectivity index (χ0) is 20.0. The number of rotatable bonds is 2. The van der Waals surface area contributed by atoms with Crippen LogP contribution in [-0.4, -0.2) is 13.1 Å². The number of anilines is 1. The highest BCUT2D eigenvalue weighted by atomic mass is 35.5. The molecule has 10 heteroatoms. The molecule has 0 radical (unpaired) electrons. The molecule has 0 unspecified atom stereocenters. The summed E-state index contributed by atoms with van der Waals surface area (Å²) in [6.07, 6.45) is 3.21. The smallest absolute Gasteiger partial charge is 0.0848 e. The Morgan fingerprint density at radius 2 is 0.741 bits per heavy atom. The molecule has 0 amide bonds. The first kappa shape index (κ1) is 22.5. The zero-order valence-corrected chi connectivity index (χ0v) is 20.2. The second-order valence-corrected chi connectivity index (χ2v) is 9.37. The second kappa shape index (κ2) is 8.92. The fourth-order valence-corrected chi connectivity index (χ4v) is 5.66. The predicted molar refractivity (Wildman–Crippen MR) is 123 cm³/mol. The van der Waals surface area contributed by atoms with E-state index in [-0.39, 0.29) is 56.3 Å². The van der Waals surface area contributed by atoms with Gasteiger partial charge in [-0.25, -0.2) is 0 Å². The molecule has 1 nitrogen and oxygen atoms in total. The largest absolute Gasteiger partial charge is 0.369 e. The van der Waals surface area contributed by atoms with Gasteiger partial charge in [0.25, 0.3) is 0 Å². The van der Waals surface area contributed by atoms with Gasteiger partial charge in [-0.05, 0) is 19.3 Å². The molecular formula is C17H10Cl9N. The summed E-state index contributed by atoms with van der Waals surface area (Å²) in [5.74, 6) is 0. The van der Waals surface area contributed by atoms with E-state index in [1.807, 2.05) is 0 Å². The minimum atomic E-state index is 0.0298. The summed E-state index contributed by atoms with van der Waals surface area (Å²) in [5.41, 5.74) is 1.07. The molecule has 1 fully saturated rings. The topological polar surface area (TPSA) is 3.24 Å². The van der Waals surface area contributed by atoms with Crippen molar-refractivity contribution in [3.8, 4) is 11.1 Å². The number of nitrogens with zero attached hydrogens (tertiary/aromatic N) is 1. The van der Waals surface area contributed by atoms with Crippen LogP contribution in [0.5, 0.6) is 0 Å². The van der Waals surface area contributed by atoms with E-state index in [9.17, 15) is 0 Å². The molecule has 0 N–H and O–H groups in total. The number of piperidine rings is 1. The van der Waals surface area contributed by atoms with Crippen LogP contribution in [0.3, 0.4) is 0 Å². The summed E-state index contributed by atoms with van der Waals surface area (Å²) >= 11 is 57.5. The number of hydrogen-bond donors (Lipinski definition) is 0. The lowest BCUT2D eigenvalue weighted by molar-refractivity contribution is 0.578. The lowest BCUT2D eigenvalue weighted by atomic mass is 10.0. The van der Waals surface area contributed by atoms with E-state index in [2.05, 4.69) is 4.90 Å². The summed E-state index contributed by atoms with van der Waals surface area (Å²) in [6.45, 7) is 1.62. The summed E-state index contributed by atoms with van der Waals surface area (Å²) < 4.78 is 0. The molecule has 0 bridgehead atoms. The molecule has 146 valence electrons. The molecule has 0 aromatic heterocycles. The van der Waals surface area contributed by atoms with E-state index in [0.29, 0.717) is 5.69 Å². The van der Waals surface area contributed by atoms with Gasteiger partial charge in [-0.15, -0.1) is 0 Å². The van der Waals surface area contributed by atoms with Crippen molar-refractivity contribution < 1.29 is 0 Å². The molecule has 0 saturated carbocycles. The van der Waals surface area contributed by atoms with E-state index in [1.54, 1.807) is 0 Å². The maximum Gasteiger partial charge on any atom is 0.0848 e. The van der Waals surface area contributed by atoms with Gasteiger partial charge in [-0.3, -0.25) is 0 Å². The molecule has 1 saturated heterocycles. The van der Waals surface area contributed by atoms with Crippen LogP contribution < -0.4 is 4.90 Å². The molecule has 27 heavy (non-hydrogen) atoms. The van der Waals surface area contributed by atoms with Gasteiger partial charge in [-0.1, -0.05) is 104 Å². The van der Waals surface area contributed by atoms with Gasteiger partial charge in [0.1, 0.15) is 0 Å². The molecule has 1 heterocycles. The Bertz CT molecular complexity index is 862. The van der Waals surface area contributed by atoms with Gasteiger partial charge >= 0.3 is 0 Å². The SMILES string of the molecule is Clc1c(Cl)c(Cl)c(-c2c(Cl)c(Cl)c(N3CCCCC3)c(Cl)c2Cl)c(Cl)c1Cl. The van der Waals surface area contributed by atoms with Crippen molar-refractivity contribution in [3.63, 3.8) is 0 Å². The molecule has 3 rings (SSSR count). The van der Waals surface area contributed by atoms with E-state index in [4.69, 9.17) is 104 Å². The fourth-order valence-electron chi connectivity index (χ4n) is 3.06. The normalized spacial score (nSPS) is 14.8. The van der Waals surface area contributed by atoms with Crippen molar-refractivity contribution in [1.82, 2.24) is 0 Å². The molecule has 0 aliphatic carbocycles. The van der Waals surface area contributed by atoms with Crippen LogP contribution in [0.15, 0.2) is 0 Å². The first-order chi connectivity index (χ1) is 12.7. The zero-order valence-electron chi connectivity index (χ0n) is 13.4. The summed E-state index contributed by atoms with van der Waals surface area (Å²) in [6, 6.07) is 0. The lowest BCUT2D eigenvalue weighted by Crippen LogP contribution is -2.30. The molecule has 1 aliphatic rings. The Kier molecular flexibility index (Phi) is 7.44. The average Bonchev–Trinajstić information content (AvgIpc) is 2.67. The maximum atomic E-state index is 6.58. The van der Waals surface area contributed by atoms with Crippen molar-refractivity contribution in [1.29, 1.82) is 0 Å². The predicted octanol–water partition coefficient (Wildman–Crippen LogP) is 10.2. The summed E-state index contributed by atoms with van der Waals surface area (Å²) in [4.78, 5) is 2.07. The monoisotopic (exact) mass is 543 g/mol. The van der Waals surface area contributed by atoms with Crippen LogP contribution in [0.4, 0.5) is 5.69 Å². The van der Waals surface area contributed by atoms with Gasteiger partial charge in [0.15, 0.2) is 0 Å². The Balaban J connectivity index is 2.31. The Morgan fingerprint density at radius 3 is 1.15 bits per heavy atom. The van der Waals surface area contributed by atoms with Crippen LogP contribution >= 0.6 is 104 Å². The van der Waals surface area contributed by atoms with E-state index in [0.717, 1.165) is 32.4 Å². The third kappa shape index (κ3) is 3.94. The molecule has 0 spiro atoms. The minimum Gasteiger partial charge on any atom is -0.369 e. The van der Waals surface area contributed by atoms with Crippen LogP contribution in [0, 0.1) is 0 Å². The van der Waals surface area contributed by atoms with Crippen molar-refractivity contribution in [2.24, 2.45) is 0 Å². The van der Waals surface area contributed by atoms with Gasteiger partial charge < -0.3 is 4.90 Å². The molecule has 0 atom stereocenters. The fraction of sp³-hybridized carbons (Fsp3) is 0.294. The standard InChI is InChI=1S/C17H10Cl9N/c18-8-6(9(19)13(23)14(24)12(8)22)7-10(20)15(25)17(16(26)11(7)21)27-4-2-1-3-5-27/h1-5H2. The van der Waals surface area contributed by atoms with E-state index >= 15 is 0 Å². The third-order valence-corrected chi connectivity index (χ3v) is 8.33. The van der Waals surface area contributed by atoms with Crippen LogP contribution in [0.1, 0.15) is 19.3 Å². The third-order valence-electron chi connectivity index (χ3n) is 4.37. The van der Waals surface area contributed by atoms with E-state index in [1.165, 1.54) is 0 Å². The molecule has 2 aromatic carbocycles. The van der Waals surface area contributed by atoms with Crippen LogP contribution in [0.2, 0.25) is 45.2 Å². The van der Waals surface area contributed by atoms with Crippen molar-refractivity contribution in [2.75, 3.05) is 18.0 Å². The number of halogens is 9. The highest BCUT2D eigenvalue weighted by molar-refractivity contribution is 6.58. The highest BCUT2D eigenvalue weighted by Gasteiger charge is 2.30. The minimum absolute atomic E-state index is 0.0298. The summed E-state index contributed by atoms with van der Waals surface area (Å²) in [5, 5.41) is 1.04. The Morgan fingerprint density at radius 1 is 0.407 bits per heavy atom. The Hall–Kier alpha value is 0.850. The Labute approximate surface area is 202 Å². The first-order valence-corrected chi connectivity index (χ1v) is 11.2. The second-order valence-electron chi connectivity index (χ2n) is 5.97. The molecular weight excluding hydrogens is 537 g/mol.